The van der Waals surface area contributed by atoms with Crippen molar-refractivity contribution < 1.29 is 22.4 Å². The van der Waals surface area contributed by atoms with Crippen LogP contribution in [-0.2, 0) is 11.2 Å². The van der Waals surface area contributed by atoms with E-state index in [1.54, 1.807) is 6.92 Å². The first-order valence-corrected chi connectivity index (χ1v) is 6.59. The molecule has 0 saturated carbocycles. The van der Waals surface area contributed by atoms with E-state index in [4.69, 9.17) is 0 Å². The molecule has 1 aromatic carbocycles. The number of hydrogen-bond acceptors (Lipinski definition) is 2. The molecule has 0 saturated heterocycles. The zero-order valence-corrected chi connectivity index (χ0v) is 11.4. The van der Waals surface area contributed by atoms with E-state index < -0.39 is 30.7 Å². The molecule has 1 aromatic rings. The van der Waals surface area contributed by atoms with Crippen molar-refractivity contribution in [2.45, 2.75) is 31.7 Å². The summed E-state index contributed by atoms with van der Waals surface area (Å²) >= 11 is 0. The molecule has 116 valence electrons. The molecule has 1 aliphatic heterocycles. The fourth-order valence-corrected chi connectivity index (χ4v) is 2.33. The summed E-state index contributed by atoms with van der Waals surface area (Å²) in [4.78, 5) is 12.0. The quantitative estimate of drug-likeness (QED) is 0.840. The van der Waals surface area contributed by atoms with E-state index >= 15 is 0 Å². The van der Waals surface area contributed by atoms with Crippen molar-refractivity contribution in [2.24, 2.45) is 5.92 Å². The van der Waals surface area contributed by atoms with Gasteiger partial charge in [0.2, 0.25) is 5.91 Å². The van der Waals surface area contributed by atoms with Gasteiger partial charge in [-0.3, -0.25) is 4.79 Å². The number of hydrogen-bond donors (Lipinski definition) is 2. The van der Waals surface area contributed by atoms with Crippen LogP contribution in [0.15, 0.2) is 24.3 Å². The molecular weight excluding hydrogens is 288 g/mol. The Labute approximate surface area is 119 Å². The number of carbonyl (C=O) groups excluding carboxylic acids is 1. The standard InChI is InChI=1S/C14H16F4N2O/c1-8-10(6-9-4-2-3-5-11(9)20-8)12(21)19-7-14(17,18)13(15)16/h2-5,8,10,13,20H,6-7H2,1H3,(H,19,21). The van der Waals surface area contributed by atoms with Crippen LogP contribution in [0.1, 0.15) is 12.5 Å². The summed E-state index contributed by atoms with van der Waals surface area (Å²) in [5, 5.41) is 5.04. The molecule has 2 unspecified atom stereocenters. The van der Waals surface area contributed by atoms with Gasteiger partial charge in [-0.15, -0.1) is 0 Å². The molecule has 0 bridgehead atoms. The van der Waals surface area contributed by atoms with Crippen molar-refractivity contribution in [3.8, 4) is 0 Å². The van der Waals surface area contributed by atoms with E-state index in [0.29, 0.717) is 6.42 Å². The summed E-state index contributed by atoms with van der Waals surface area (Å²) in [5.74, 6) is -5.43. The minimum atomic E-state index is -4.21. The van der Waals surface area contributed by atoms with Crippen LogP contribution >= 0.6 is 0 Å². The smallest absolute Gasteiger partial charge is 0.324 e. The van der Waals surface area contributed by atoms with Crippen LogP contribution in [0.5, 0.6) is 0 Å². The number of benzene rings is 1. The zero-order valence-electron chi connectivity index (χ0n) is 11.4. The Morgan fingerprint density at radius 3 is 2.76 bits per heavy atom. The van der Waals surface area contributed by atoms with E-state index in [1.807, 2.05) is 29.6 Å². The van der Waals surface area contributed by atoms with Crippen molar-refractivity contribution in [1.29, 1.82) is 0 Å². The van der Waals surface area contributed by atoms with E-state index in [0.717, 1.165) is 11.3 Å². The molecule has 0 aliphatic carbocycles. The van der Waals surface area contributed by atoms with Crippen LogP contribution in [-0.4, -0.2) is 30.8 Å². The number of carbonyl (C=O) groups is 1. The van der Waals surface area contributed by atoms with Crippen LogP contribution in [0.2, 0.25) is 0 Å². The largest absolute Gasteiger partial charge is 0.382 e. The fraction of sp³-hybridized carbons (Fsp3) is 0.500. The second-order valence-electron chi connectivity index (χ2n) is 5.18. The number of alkyl halides is 4. The van der Waals surface area contributed by atoms with Gasteiger partial charge in [-0.25, -0.2) is 8.78 Å². The van der Waals surface area contributed by atoms with E-state index in [9.17, 15) is 22.4 Å². The van der Waals surface area contributed by atoms with Gasteiger partial charge in [0.25, 0.3) is 0 Å². The van der Waals surface area contributed by atoms with Crippen LogP contribution in [0.25, 0.3) is 0 Å². The predicted molar refractivity (Wildman–Crippen MR) is 70.7 cm³/mol. The lowest BCUT2D eigenvalue weighted by atomic mass is 9.87. The molecule has 2 N–H and O–H groups in total. The Morgan fingerprint density at radius 1 is 1.43 bits per heavy atom. The summed E-state index contributed by atoms with van der Waals surface area (Å²) in [6.45, 7) is 0.403. The zero-order chi connectivity index (χ0) is 15.6. The molecular formula is C14H16F4N2O. The topological polar surface area (TPSA) is 41.1 Å². The van der Waals surface area contributed by atoms with Crippen LogP contribution in [0, 0.1) is 5.92 Å². The molecule has 7 heteroatoms. The maximum Gasteiger partial charge on any atom is 0.324 e. The highest BCUT2D eigenvalue weighted by atomic mass is 19.3. The minimum Gasteiger partial charge on any atom is -0.382 e. The normalized spacial score (nSPS) is 21.6. The Morgan fingerprint density at radius 2 is 2.10 bits per heavy atom. The van der Waals surface area contributed by atoms with Gasteiger partial charge in [-0.2, -0.15) is 8.78 Å². The van der Waals surface area contributed by atoms with Gasteiger partial charge < -0.3 is 10.6 Å². The monoisotopic (exact) mass is 304 g/mol. The first-order chi connectivity index (χ1) is 9.81. The van der Waals surface area contributed by atoms with Crippen molar-refractivity contribution >= 4 is 11.6 Å². The Bertz CT molecular complexity index is 521. The lowest BCUT2D eigenvalue weighted by Gasteiger charge is -2.32. The van der Waals surface area contributed by atoms with Crippen molar-refractivity contribution in [3.05, 3.63) is 29.8 Å². The van der Waals surface area contributed by atoms with Crippen LogP contribution < -0.4 is 10.6 Å². The highest BCUT2D eigenvalue weighted by molar-refractivity contribution is 5.81. The number of halogens is 4. The molecule has 1 amide bonds. The lowest BCUT2D eigenvalue weighted by molar-refractivity contribution is -0.139. The third kappa shape index (κ3) is 3.46. The Hall–Kier alpha value is -1.79. The number of fused-ring (bicyclic) bond motifs is 1. The van der Waals surface area contributed by atoms with Crippen molar-refractivity contribution in [2.75, 3.05) is 11.9 Å². The maximum atomic E-state index is 12.8. The Kier molecular flexibility index (Phi) is 4.39. The van der Waals surface area contributed by atoms with Gasteiger partial charge in [-0.1, -0.05) is 18.2 Å². The molecule has 0 fully saturated rings. The molecule has 1 aliphatic rings. The van der Waals surface area contributed by atoms with Gasteiger partial charge in [0.15, 0.2) is 0 Å². The van der Waals surface area contributed by atoms with E-state index in [-0.39, 0.29) is 6.04 Å². The molecule has 1 heterocycles. The van der Waals surface area contributed by atoms with E-state index in [2.05, 4.69) is 5.32 Å². The summed E-state index contributed by atoms with van der Waals surface area (Å²) in [6, 6.07) is 7.10. The Balaban J connectivity index is 2.01. The maximum absolute atomic E-state index is 12.8. The summed E-state index contributed by atoms with van der Waals surface area (Å²) in [6.07, 6.45) is -3.41. The average Bonchev–Trinajstić information content (AvgIpc) is 2.44. The van der Waals surface area contributed by atoms with E-state index in [1.165, 1.54) is 0 Å². The van der Waals surface area contributed by atoms with Crippen molar-refractivity contribution in [3.63, 3.8) is 0 Å². The third-order valence-corrected chi connectivity index (χ3v) is 3.60. The SMILES string of the molecule is CC1Nc2ccccc2CC1C(=O)NCC(F)(F)C(F)F. The lowest BCUT2D eigenvalue weighted by Crippen LogP contribution is -2.48. The number of nitrogens with one attached hydrogen (secondary N) is 2. The molecule has 2 atom stereocenters. The highest BCUT2D eigenvalue weighted by Gasteiger charge is 2.41. The molecule has 0 aromatic heterocycles. The summed E-state index contributed by atoms with van der Waals surface area (Å²) in [7, 11) is 0. The third-order valence-electron chi connectivity index (χ3n) is 3.60. The first-order valence-electron chi connectivity index (χ1n) is 6.59. The number of anilines is 1. The van der Waals surface area contributed by atoms with Gasteiger partial charge in [0.05, 0.1) is 12.5 Å². The average molecular weight is 304 g/mol. The fourth-order valence-electron chi connectivity index (χ4n) is 2.33. The number of amides is 1. The second-order valence-corrected chi connectivity index (χ2v) is 5.18. The first kappa shape index (κ1) is 15.6. The molecule has 2 rings (SSSR count). The highest BCUT2D eigenvalue weighted by Crippen LogP contribution is 2.28. The van der Waals surface area contributed by atoms with Crippen LogP contribution in [0.3, 0.4) is 0 Å². The van der Waals surface area contributed by atoms with Crippen LogP contribution in [0.4, 0.5) is 23.2 Å². The van der Waals surface area contributed by atoms with Gasteiger partial charge in [0.1, 0.15) is 0 Å². The van der Waals surface area contributed by atoms with Gasteiger partial charge in [-0.05, 0) is 25.0 Å². The second kappa shape index (κ2) is 5.91. The predicted octanol–water partition coefficient (Wildman–Crippen LogP) is 2.68. The van der Waals surface area contributed by atoms with Crippen molar-refractivity contribution in [1.82, 2.24) is 5.32 Å². The number of rotatable bonds is 4. The summed E-state index contributed by atoms with van der Waals surface area (Å²) in [5.41, 5.74) is 1.79. The molecule has 0 spiro atoms. The van der Waals surface area contributed by atoms with Gasteiger partial charge >= 0.3 is 12.3 Å². The number of para-hydroxylation sites is 1. The van der Waals surface area contributed by atoms with Gasteiger partial charge in [0, 0.05) is 11.7 Å². The minimum absolute atomic E-state index is 0.264. The molecule has 0 radical (unpaired) electrons. The molecule has 21 heavy (non-hydrogen) atoms. The summed E-state index contributed by atoms with van der Waals surface area (Å²) < 4.78 is 49.8. The molecule has 3 nitrogen and oxygen atoms in total.